The number of benzene rings is 4. The van der Waals surface area contributed by atoms with Gasteiger partial charge in [-0.15, -0.1) is 6.58 Å². The van der Waals surface area contributed by atoms with Gasteiger partial charge in [0.1, 0.15) is 18.3 Å². The van der Waals surface area contributed by atoms with Crippen LogP contribution in [0.4, 0.5) is 0 Å². The minimum absolute atomic E-state index is 0.0357. The van der Waals surface area contributed by atoms with Gasteiger partial charge in [0.05, 0.1) is 18.6 Å². The summed E-state index contributed by atoms with van der Waals surface area (Å²) < 4.78 is 11.5. The van der Waals surface area contributed by atoms with Gasteiger partial charge in [0, 0.05) is 33.9 Å². The number of esters is 2. The molecule has 0 radical (unpaired) electrons. The number of halogens is 3. The summed E-state index contributed by atoms with van der Waals surface area (Å²) in [6.07, 6.45) is 11.1. The molecule has 0 spiro atoms. The van der Waals surface area contributed by atoms with E-state index in [0.717, 1.165) is 49.8 Å². The molecular weight excluding hydrogens is 783 g/mol. The molecule has 0 unspecified atom stereocenters. The van der Waals surface area contributed by atoms with Gasteiger partial charge in [-0.25, -0.2) is 0 Å². The molecule has 0 aromatic heterocycles. The van der Waals surface area contributed by atoms with Gasteiger partial charge < -0.3 is 19.5 Å². The Kier molecular flexibility index (Phi) is 17.5. The summed E-state index contributed by atoms with van der Waals surface area (Å²) >= 11 is 17.0. The summed E-state index contributed by atoms with van der Waals surface area (Å²) in [5.41, 5.74) is 4.99. The average molecular weight is 832 g/mol. The molecule has 0 amide bonds. The van der Waals surface area contributed by atoms with Gasteiger partial charge in [-0.3, -0.25) is 9.59 Å². The van der Waals surface area contributed by atoms with E-state index in [9.17, 15) is 9.59 Å². The summed E-state index contributed by atoms with van der Waals surface area (Å²) in [6.45, 7) is 3.57. The second-order valence-corrected chi connectivity index (χ2v) is 15.5. The third-order valence-corrected chi connectivity index (χ3v) is 11.0. The first kappa shape index (κ1) is 43.5. The number of hydrogen-bond acceptors (Lipinski definition) is 8. The van der Waals surface area contributed by atoms with Crippen LogP contribution in [-0.2, 0) is 23.9 Å². The van der Waals surface area contributed by atoms with Crippen molar-refractivity contribution >= 4 is 57.6 Å². The first-order valence-corrected chi connectivity index (χ1v) is 20.6. The van der Waals surface area contributed by atoms with Crippen LogP contribution in [0.25, 0.3) is 0 Å². The zero-order chi connectivity index (χ0) is 40.4. The molecule has 2 fully saturated rings. The molecule has 11 heteroatoms. The molecule has 0 bridgehead atoms. The number of carbonyl (C=O) groups is 2. The van der Waals surface area contributed by atoms with E-state index in [1.165, 1.54) is 24.0 Å². The minimum atomic E-state index is -0.267. The van der Waals surface area contributed by atoms with Crippen LogP contribution in [0.5, 0.6) is 0 Å². The Bertz CT molecular complexity index is 1920. The third kappa shape index (κ3) is 13.8. The van der Waals surface area contributed by atoms with Crippen LogP contribution in [0.15, 0.2) is 132 Å². The van der Waals surface area contributed by atoms with Gasteiger partial charge in [0.2, 0.25) is 0 Å². The minimum Gasteiger partial charge on any atom is -0.462 e. The summed E-state index contributed by atoms with van der Waals surface area (Å²) in [5.74, 6) is 0.279. The second-order valence-electron chi connectivity index (χ2n) is 14.2. The standard InChI is InChI=1S/C23H24ClNO3.C16H20O2.C7H5Cl2NO/c24-18-12-10-17(11-13-18)21-14-19(28-25-21)15-23(26)27-22-9-5-4-8-20(22)16-6-2-1-3-7-16;1-2-8-16(17)18-15-12-7-6-11-14(15)13-9-4-3-5-10-13;8-6-3-1-5(2-4-6)7(9)10-11/h1-3,6-7,10-13,19-20,22H,4-5,8-9,14-15H2;2-5,9-10,14-15H,1,6-8,11-12H2;1-4,11H/b;;10-7-/t19-,20+,22-;14-,15+;/m10./s1. The number of rotatable bonds is 10. The largest absolute Gasteiger partial charge is 0.462 e. The number of nitrogens with zero attached hydrogens (tertiary/aromatic N) is 2. The van der Waals surface area contributed by atoms with Crippen LogP contribution >= 0.6 is 34.8 Å². The van der Waals surface area contributed by atoms with Gasteiger partial charge in [0.25, 0.3) is 0 Å². The van der Waals surface area contributed by atoms with Crippen LogP contribution in [-0.4, -0.2) is 46.3 Å². The fraction of sp³-hybridized carbons (Fsp3) is 0.348. The van der Waals surface area contributed by atoms with Crippen molar-refractivity contribution in [3.05, 3.63) is 154 Å². The molecular formula is C46H49Cl3N2O6. The Balaban J connectivity index is 0.000000183. The van der Waals surface area contributed by atoms with Gasteiger partial charge in [-0.1, -0.05) is 149 Å². The molecule has 1 N–H and O–H groups in total. The van der Waals surface area contributed by atoms with E-state index in [2.05, 4.69) is 41.2 Å². The number of carbonyl (C=O) groups excluding carboxylic acids is 2. The van der Waals surface area contributed by atoms with E-state index in [0.29, 0.717) is 34.4 Å². The number of hydrogen-bond donors (Lipinski definition) is 1. The maximum atomic E-state index is 12.6. The zero-order valence-corrected chi connectivity index (χ0v) is 34.1. The summed E-state index contributed by atoms with van der Waals surface area (Å²) in [4.78, 5) is 29.6. The maximum Gasteiger partial charge on any atom is 0.309 e. The SMILES string of the molecule is C=CCC(=O)O[C@@H]1CCCC[C@H]1c1ccccc1.O/N=C(\Cl)c1ccc(Cl)cc1.O=C(C[C@H]1CC(c2ccc(Cl)cc2)=NO1)O[C@@H]1CCCC[C@H]1c1ccccc1. The third-order valence-electron chi connectivity index (χ3n) is 10.2. The van der Waals surface area contributed by atoms with Crippen molar-refractivity contribution < 1.29 is 29.1 Å². The van der Waals surface area contributed by atoms with Crippen molar-refractivity contribution in [2.75, 3.05) is 0 Å². The lowest BCUT2D eigenvalue weighted by atomic mass is 9.81. The van der Waals surface area contributed by atoms with Crippen LogP contribution in [0.1, 0.15) is 105 Å². The van der Waals surface area contributed by atoms with Gasteiger partial charge >= 0.3 is 11.9 Å². The van der Waals surface area contributed by atoms with Gasteiger partial charge in [-0.2, -0.15) is 0 Å². The maximum absolute atomic E-state index is 12.6. The van der Waals surface area contributed by atoms with Crippen LogP contribution < -0.4 is 0 Å². The molecule has 1 heterocycles. The topological polar surface area (TPSA) is 107 Å². The van der Waals surface area contributed by atoms with Crippen LogP contribution in [0, 0.1) is 0 Å². The molecule has 3 aliphatic rings. The van der Waals surface area contributed by atoms with Crippen LogP contribution in [0.3, 0.4) is 0 Å². The highest BCUT2D eigenvalue weighted by Crippen LogP contribution is 2.36. The smallest absolute Gasteiger partial charge is 0.309 e. The fourth-order valence-electron chi connectivity index (χ4n) is 7.37. The van der Waals surface area contributed by atoms with E-state index in [-0.39, 0.29) is 47.8 Å². The summed E-state index contributed by atoms with van der Waals surface area (Å²) in [6, 6.07) is 34.9. The van der Waals surface area contributed by atoms with E-state index >= 15 is 0 Å². The van der Waals surface area contributed by atoms with E-state index in [1.54, 1.807) is 30.3 Å². The van der Waals surface area contributed by atoms with Gasteiger partial charge in [-0.05, 0) is 79.5 Å². The Labute approximate surface area is 350 Å². The zero-order valence-electron chi connectivity index (χ0n) is 31.9. The second kappa shape index (κ2) is 22.9. The average Bonchev–Trinajstić information content (AvgIpc) is 3.71. The Morgan fingerprint density at radius 3 is 1.74 bits per heavy atom. The molecule has 0 saturated heterocycles. The quantitative estimate of drug-likeness (QED) is 0.0561. The highest BCUT2D eigenvalue weighted by atomic mass is 35.5. The van der Waals surface area contributed by atoms with Crippen LogP contribution in [0.2, 0.25) is 10.0 Å². The van der Waals surface area contributed by atoms with Crippen molar-refractivity contribution in [2.45, 2.75) is 101 Å². The Morgan fingerprint density at radius 1 is 0.737 bits per heavy atom. The van der Waals surface area contributed by atoms with Crippen molar-refractivity contribution in [3.8, 4) is 0 Å². The monoisotopic (exact) mass is 830 g/mol. The molecule has 7 rings (SSSR count). The molecule has 57 heavy (non-hydrogen) atoms. The highest BCUT2D eigenvalue weighted by Gasteiger charge is 2.32. The summed E-state index contributed by atoms with van der Waals surface area (Å²) in [7, 11) is 0. The lowest BCUT2D eigenvalue weighted by Gasteiger charge is -2.31. The first-order chi connectivity index (χ1) is 27.7. The molecule has 300 valence electrons. The molecule has 2 saturated carbocycles. The predicted molar refractivity (Wildman–Crippen MR) is 228 cm³/mol. The summed E-state index contributed by atoms with van der Waals surface area (Å²) in [5, 5.41) is 16.6. The van der Waals surface area contributed by atoms with E-state index in [1.807, 2.05) is 60.7 Å². The number of ether oxygens (including phenoxy) is 2. The molecule has 4 aromatic rings. The Hall–Kier alpha value is -4.63. The number of oxime groups is 2. The normalized spacial score (nSPS) is 21.6. The first-order valence-electron chi connectivity index (χ1n) is 19.5. The Morgan fingerprint density at radius 2 is 1.23 bits per heavy atom. The molecule has 5 atom stereocenters. The fourth-order valence-corrected chi connectivity index (χ4v) is 7.75. The van der Waals surface area contributed by atoms with Crippen molar-refractivity contribution in [1.29, 1.82) is 0 Å². The molecule has 2 aliphatic carbocycles. The van der Waals surface area contributed by atoms with E-state index in [4.69, 9.17) is 54.3 Å². The lowest BCUT2D eigenvalue weighted by molar-refractivity contribution is -0.154. The molecule has 1 aliphatic heterocycles. The lowest BCUT2D eigenvalue weighted by Crippen LogP contribution is -2.30. The van der Waals surface area contributed by atoms with Crippen molar-refractivity contribution in [2.24, 2.45) is 10.3 Å². The highest BCUT2D eigenvalue weighted by molar-refractivity contribution is 6.69. The molecule has 4 aromatic carbocycles. The van der Waals surface area contributed by atoms with E-state index < -0.39 is 0 Å². The van der Waals surface area contributed by atoms with Crippen molar-refractivity contribution in [3.63, 3.8) is 0 Å². The predicted octanol–water partition coefficient (Wildman–Crippen LogP) is 12.0. The molecule has 8 nitrogen and oxygen atoms in total. The van der Waals surface area contributed by atoms with Gasteiger partial charge in [0.15, 0.2) is 5.17 Å². The van der Waals surface area contributed by atoms with Crippen molar-refractivity contribution in [1.82, 2.24) is 0 Å².